The van der Waals surface area contributed by atoms with Crippen LogP contribution in [-0.4, -0.2) is 36.0 Å². The fourth-order valence-electron chi connectivity index (χ4n) is 3.21. The first kappa shape index (κ1) is 12.9. The molecule has 0 aromatic heterocycles. The Morgan fingerprint density at radius 1 is 1.35 bits per heavy atom. The lowest BCUT2D eigenvalue weighted by atomic mass is 9.92. The molecule has 2 aliphatic rings. The van der Waals surface area contributed by atoms with Crippen molar-refractivity contribution in [3.63, 3.8) is 0 Å². The number of carbonyl (C=O) groups excluding carboxylic acids is 1. The highest BCUT2D eigenvalue weighted by Gasteiger charge is 2.41. The number of carbonyl (C=O) groups is 1. The number of nitrogens with zero attached hydrogens (tertiary/aromatic N) is 1. The van der Waals surface area contributed by atoms with Gasteiger partial charge < -0.3 is 10.2 Å². The Kier molecular flexibility index (Phi) is 4.08. The van der Waals surface area contributed by atoms with Gasteiger partial charge in [0.05, 0.1) is 5.54 Å². The molecular formula is C14H26N2O. The number of amides is 1. The minimum absolute atomic E-state index is 0.229. The standard InChI is InChI=1S/C14H26N2O/c1-3-14(8-5-9-15-14)13(17)16-10-4-6-12(2)7-11-16/h12,15H,3-11H2,1-2H3. The lowest BCUT2D eigenvalue weighted by Gasteiger charge is -2.33. The first-order valence-corrected chi connectivity index (χ1v) is 7.22. The van der Waals surface area contributed by atoms with Crippen LogP contribution < -0.4 is 5.32 Å². The van der Waals surface area contributed by atoms with Gasteiger partial charge in [0.15, 0.2) is 0 Å². The Bertz CT molecular complexity index is 271. The number of hydrogen-bond acceptors (Lipinski definition) is 2. The van der Waals surface area contributed by atoms with Crippen LogP contribution >= 0.6 is 0 Å². The second kappa shape index (κ2) is 5.38. The van der Waals surface area contributed by atoms with Crippen LogP contribution in [0.25, 0.3) is 0 Å². The van der Waals surface area contributed by atoms with E-state index in [9.17, 15) is 4.79 Å². The summed E-state index contributed by atoms with van der Waals surface area (Å²) in [5.74, 6) is 1.15. The van der Waals surface area contributed by atoms with Crippen LogP contribution in [-0.2, 0) is 4.79 Å². The minimum atomic E-state index is -0.229. The molecule has 0 saturated carbocycles. The Morgan fingerprint density at radius 2 is 2.18 bits per heavy atom. The molecule has 3 nitrogen and oxygen atoms in total. The van der Waals surface area contributed by atoms with Gasteiger partial charge in [0.1, 0.15) is 0 Å². The molecule has 0 radical (unpaired) electrons. The highest BCUT2D eigenvalue weighted by molar-refractivity contribution is 5.86. The van der Waals surface area contributed by atoms with Gasteiger partial charge in [0.25, 0.3) is 0 Å². The summed E-state index contributed by atoms with van der Waals surface area (Å²) in [6, 6.07) is 0. The van der Waals surface area contributed by atoms with E-state index in [1.807, 2.05) is 0 Å². The van der Waals surface area contributed by atoms with E-state index in [2.05, 4.69) is 24.1 Å². The normalized spacial score (nSPS) is 34.7. The van der Waals surface area contributed by atoms with Crippen molar-refractivity contribution in [2.75, 3.05) is 19.6 Å². The minimum Gasteiger partial charge on any atom is -0.341 e. The molecule has 1 N–H and O–H groups in total. The summed E-state index contributed by atoms with van der Waals surface area (Å²) >= 11 is 0. The first-order chi connectivity index (χ1) is 8.18. The van der Waals surface area contributed by atoms with E-state index in [-0.39, 0.29) is 5.54 Å². The summed E-state index contributed by atoms with van der Waals surface area (Å²) in [7, 11) is 0. The zero-order valence-corrected chi connectivity index (χ0v) is 11.3. The predicted molar refractivity (Wildman–Crippen MR) is 69.9 cm³/mol. The van der Waals surface area contributed by atoms with E-state index in [0.717, 1.165) is 44.8 Å². The van der Waals surface area contributed by atoms with Gasteiger partial charge in [-0.15, -0.1) is 0 Å². The molecule has 2 unspecified atom stereocenters. The third kappa shape index (κ3) is 2.65. The molecule has 98 valence electrons. The predicted octanol–water partition coefficient (Wildman–Crippen LogP) is 2.17. The molecule has 2 heterocycles. The first-order valence-electron chi connectivity index (χ1n) is 7.22. The largest absolute Gasteiger partial charge is 0.341 e. The molecule has 0 spiro atoms. The van der Waals surface area contributed by atoms with Crippen LogP contribution in [0.3, 0.4) is 0 Å². The van der Waals surface area contributed by atoms with E-state index < -0.39 is 0 Å². The third-order valence-corrected chi connectivity index (χ3v) is 4.56. The van der Waals surface area contributed by atoms with Crippen molar-refractivity contribution >= 4 is 5.91 Å². The summed E-state index contributed by atoms with van der Waals surface area (Å²) in [6.45, 7) is 7.37. The summed E-state index contributed by atoms with van der Waals surface area (Å²) in [5.41, 5.74) is -0.229. The molecule has 2 rings (SSSR count). The van der Waals surface area contributed by atoms with Crippen molar-refractivity contribution in [3.8, 4) is 0 Å². The summed E-state index contributed by atoms with van der Waals surface area (Å²) < 4.78 is 0. The summed E-state index contributed by atoms with van der Waals surface area (Å²) in [4.78, 5) is 14.8. The SMILES string of the molecule is CCC1(C(=O)N2CCCC(C)CC2)CCCN1. The highest BCUT2D eigenvalue weighted by Crippen LogP contribution is 2.27. The molecular weight excluding hydrogens is 212 g/mol. The molecule has 0 aliphatic carbocycles. The lowest BCUT2D eigenvalue weighted by Crippen LogP contribution is -2.54. The van der Waals surface area contributed by atoms with Gasteiger partial charge in [-0.3, -0.25) is 4.79 Å². The fourth-order valence-corrected chi connectivity index (χ4v) is 3.21. The van der Waals surface area contributed by atoms with Gasteiger partial charge in [0, 0.05) is 13.1 Å². The Morgan fingerprint density at radius 3 is 2.82 bits per heavy atom. The molecule has 17 heavy (non-hydrogen) atoms. The molecule has 2 aliphatic heterocycles. The second-order valence-corrected chi connectivity index (χ2v) is 5.79. The lowest BCUT2D eigenvalue weighted by molar-refractivity contribution is -0.138. The van der Waals surface area contributed by atoms with E-state index in [0.29, 0.717) is 5.91 Å². The van der Waals surface area contributed by atoms with Gasteiger partial charge in [0.2, 0.25) is 5.91 Å². The van der Waals surface area contributed by atoms with E-state index in [1.54, 1.807) is 0 Å². The molecule has 2 atom stereocenters. The topological polar surface area (TPSA) is 32.3 Å². The van der Waals surface area contributed by atoms with Crippen molar-refractivity contribution in [1.82, 2.24) is 10.2 Å². The number of nitrogens with one attached hydrogen (secondary N) is 1. The van der Waals surface area contributed by atoms with E-state index in [4.69, 9.17) is 0 Å². The van der Waals surface area contributed by atoms with Crippen LogP contribution in [0.2, 0.25) is 0 Å². The quantitative estimate of drug-likeness (QED) is 0.799. The van der Waals surface area contributed by atoms with Crippen molar-refractivity contribution in [3.05, 3.63) is 0 Å². The molecule has 1 amide bonds. The zero-order chi connectivity index (χ0) is 12.3. The molecule has 3 heteroatoms. The smallest absolute Gasteiger partial charge is 0.242 e. The van der Waals surface area contributed by atoms with Crippen molar-refractivity contribution < 1.29 is 4.79 Å². The summed E-state index contributed by atoms with van der Waals surface area (Å²) in [5, 5.41) is 3.46. The van der Waals surface area contributed by atoms with Crippen LogP contribution in [0, 0.1) is 5.92 Å². The molecule has 0 bridgehead atoms. The number of rotatable bonds is 2. The summed E-state index contributed by atoms with van der Waals surface area (Å²) in [6.07, 6.45) is 6.71. The highest BCUT2D eigenvalue weighted by atomic mass is 16.2. The van der Waals surface area contributed by atoms with Crippen molar-refractivity contribution in [2.24, 2.45) is 5.92 Å². The maximum absolute atomic E-state index is 12.7. The Balaban J connectivity index is 2.02. The average Bonchev–Trinajstić information content (AvgIpc) is 2.73. The van der Waals surface area contributed by atoms with Gasteiger partial charge >= 0.3 is 0 Å². The van der Waals surface area contributed by atoms with E-state index >= 15 is 0 Å². The van der Waals surface area contributed by atoms with Crippen molar-refractivity contribution in [2.45, 2.75) is 57.9 Å². The van der Waals surface area contributed by atoms with Crippen molar-refractivity contribution in [1.29, 1.82) is 0 Å². The maximum atomic E-state index is 12.7. The third-order valence-electron chi connectivity index (χ3n) is 4.56. The monoisotopic (exact) mass is 238 g/mol. The molecule has 2 fully saturated rings. The second-order valence-electron chi connectivity index (χ2n) is 5.79. The van der Waals surface area contributed by atoms with Gasteiger partial charge in [-0.25, -0.2) is 0 Å². The average molecular weight is 238 g/mol. The van der Waals surface area contributed by atoms with Crippen LogP contribution in [0.15, 0.2) is 0 Å². The number of likely N-dealkylation sites (tertiary alicyclic amines) is 1. The Hall–Kier alpha value is -0.570. The van der Waals surface area contributed by atoms with Gasteiger partial charge in [-0.2, -0.15) is 0 Å². The molecule has 0 aromatic rings. The van der Waals surface area contributed by atoms with Crippen LogP contribution in [0.4, 0.5) is 0 Å². The zero-order valence-electron chi connectivity index (χ0n) is 11.3. The van der Waals surface area contributed by atoms with Gasteiger partial charge in [-0.05, 0) is 51.0 Å². The molecule has 0 aromatic carbocycles. The van der Waals surface area contributed by atoms with Gasteiger partial charge in [-0.1, -0.05) is 13.8 Å². The maximum Gasteiger partial charge on any atom is 0.242 e. The Labute approximate surface area is 105 Å². The number of hydrogen-bond donors (Lipinski definition) is 1. The molecule has 2 saturated heterocycles. The van der Waals surface area contributed by atoms with E-state index in [1.165, 1.54) is 19.3 Å². The fraction of sp³-hybridized carbons (Fsp3) is 0.929. The van der Waals surface area contributed by atoms with Crippen LogP contribution in [0.1, 0.15) is 52.4 Å². The van der Waals surface area contributed by atoms with Crippen LogP contribution in [0.5, 0.6) is 0 Å².